The Morgan fingerprint density at radius 3 is 2.17 bits per heavy atom. The summed E-state index contributed by atoms with van der Waals surface area (Å²) in [7, 11) is -3.89. The van der Waals surface area contributed by atoms with Crippen molar-refractivity contribution in [3.8, 4) is 0 Å². The molecule has 1 N–H and O–H groups in total. The monoisotopic (exact) mass is 525 g/mol. The molecule has 0 amide bonds. The molecule has 36 heavy (non-hydrogen) atoms. The third-order valence-electron chi connectivity index (χ3n) is 7.50. The molecule has 2 aliphatic carbocycles. The van der Waals surface area contributed by atoms with Crippen LogP contribution in [0.5, 0.6) is 0 Å². The summed E-state index contributed by atoms with van der Waals surface area (Å²) in [5.41, 5.74) is 4.56. The molecule has 1 unspecified atom stereocenters. The molecule has 0 spiro atoms. The second kappa shape index (κ2) is 10.6. The van der Waals surface area contributed by atoms with Crippen molar-refractivity contribution < 1.29 is 17.7 Å². The highest BCUT2D eigenvalue weighted by Crippen LogP contribution is 2.44. The van der Waals surface area contributed by atoms with Gasteiger partial charge in [0.05, 0.1) is 22.4 Å². The molecule has 190 valence electrons. The number of pyridine rings is 1. The summed E-state index contributed by atoms with van der Waals surface area (Å²) in [6, 6.07) is 18.6. The van der Waals surface area contributed by atoms with Gasteiger partial charge in [0.1, 0.15) is 6.61 Å². The summed E-state index contributed by atoms with van der Waals surface area (Å²) in [6.45, 7) is 1.75. The molecule has 0 bridgehead atoms. The van der Waals surface area contributed by atoms with Crippen LogP contribution in [0.4, 0.5) is 0 Å². The number of halogens is 1. The molecule has 7 heteroatoms. The zero-order valence-corrected chi connectivity index (χ0v) is 22.0. The van der Waals surface area contributed by atoms with Gasteiger partial charge >= 0.3 is 0 Å². The topological polar surface area (TPSA) is 76.5 Å². The van der Waals surface area contributed by atoms with Crippen LogP contribution in [0, 0.1) is 12.8 Å². The average molecular weight is 526 g/mol. The van der Waals surface area contributed by atoms with Crippen LogP contribution in [0.3, 0.4) is 0 Å². The van der Waals surface area contributed by atoms with Crippen molar-refractivity contribution in [1.82, 2.24) is 4.98 Å². The predicted molar refractivity (Wildman–Crippen MR) is 140 cm³/mol. The fourth-order valence-corrected chi connectivity index (χ4v) is 6.18. The second-order valence-electron chi connectivity index (χ2n) is 10.2. The third kappa shape index (κ3) is 6.00. The minimum absolute atomic E-state index is 0.126. The van der Waals surface area contributed by atoms with Gasteiger partial charge in [0, 0.05) is 5.02 Å². The lowest BCUT2D eigenvalue weighted by molar-refractivity contribution is 0.0768. The summed E-state index contributed by atoms with van der Waals surface area (Å²) in [5, 5.41) is 12.0. The van der Waals surface area contributed by atoms with Crippen LogP contribution in [0.15, 0.2) is 65.6 Å². The highest BCUT2D eigenvalue weighted by atomic mass is 35.5. The molecule has 1 heterocycles. The van der Waals surface area contributed by atoms with E-state index in [2.05, 4.69) is 17.1 Å². The van der Waals surface area contributed by atoms with Gasteiger partial charge in [-0.1, -0.05) is 41.4 Å². The average Bonchev–Trinajstić information content (AvgIpc) is 3.74. The van der Waals surface area contributed by atoms with Crippen molar-refractivity contribution in [3.05, 3.63) is 93.8 Å². The van der Waals surface area contributed by atoms with Crippen molar-refractivity contribution in [1.29, 1.82) is 0 Å². The van der Waals surface area contributed by atoms with Crippen LogP contribution in [-0.2, 0) is 20.9 Å². The van der Waals surface area contributed by atoms with Gasteiger partial charge in [-0.25, -0.2) is 0 Å². The highest BCUT2D eigenvalue weighted by Gasteiger charge is 2.31. The molecule has 1 aromatic heterocycles. The maximum absolute atomic E-state index is 12.7. The molecule has 0 radical (unpaired) electrons. The molecule has 0 aliphatic heterocycles. The van der Waals surface area contributed by atoms with Crippen molar-refractivity contribution in [2.75, 3.05) is 0 Å². The smallest absolute Gasteiger partial charge is 0.297 e. The van der Waals surface area contributed by atoms with E-state index in [-0.39, 0.29) is 17.4 Å². The van der Waals surface area contributed by atoms with Gasteiger partial charge in [0.2, 0.25) is 0 Å². The van der Waals surface area contributed by atoms with Crippen LogP contribution < -0.4 is 0 Å². The number of aryl methyl sites for hydroxylation is 1. The van der Waals surface area contributed by atoms with Crippen LogP contribution in [-0.4, -0.2) is 18.5 Å². The van der Waals surface area contributed by atoms with Crippen LogP contribution in [0.1, 0.15) is 84.5 Å². The summed E-state index contributed by atoms with van der Waals surface area (Å²) in [6.07, 6.45) is 5.38. The van der Waals surface area contributed by atoms with E-state index in [0.29, 0.717) is 23.2 Å². The maximum Gasteiger partial charge on any atom is 0.297 e. The summed E-state index contributed by atoms with van der Waals surface area (Å²) >= 11 is 6.04. The number of hydrogen-bond acceptors (Lipinski definition) is 5. The van der Waals surface area contributed by atoms with Gasteiger partial charge < -0.3 is 5.11 Å². The lowest BCUT2D eigenvalue weighted by Crippen LogP contribution is -2.21. The number of nitrogens with zero attached hydrogens (tertiary/aromatic N) is 1. The first-order chi connectivity index (χ1) is 17.3. The molecule has 0 saturated heterocycles. The normalized spacial score (nSPS) is 21.3. The number of aromatic nitrogens is 1. The Morgan fingerprint density at radius 2 is 1.53 bits per heavy atom. The van der Waals surface area contributed by atoms with Gasteiger partial charge in [-0.3, -0.25) is 9.17 Å². The second-order valence-corrected chi connectivity index (χ2v) is 12.3. The summed E-state index contributed by atoms with van der Waals surface area (Å²) < 4.78 is 30.7. The first-order valence-electron chi connectivity index (χ1n) is 12.7. The Balaban J connectivity index is 1.28. The summed E-state index contributed by atoms with van der Waals surface area (Å²) in [5.74, 6) is 1.06. The van der Waals surface area contributed by atoms with E-state index in [1.54, 1.807) is 24.3 Å². The first kappa shape index (κ1) is 25.4. The molecule has 1 atom stereocenters. The molecule has 5 nitrogen and oxygen atoms in total. The quantitative estimate of drug-likeness (QED) is 0.326. The fraction of sp³-hybridized carbons (Fsp3) is 0.414. The number of aliphatic hydroxyl groups is 1. The molecule has 2 saturated carbocycles. The Kier molecular flexibility index (Phi) is 7.49. The van der Waals surface area contributed by atoms with Gasteiger partial charge in [0.15, 0.2) is 0 Å². The lowest BCUT2D eigenvalue weighted by Gasteiger charge is -2.32. The zero-order valence-electron chi connectivity index (χ0n) is 20.4. The number of rotatable bonds is 8. The third-order valence-corrected chi connectivity index (χ3v) is 9.03. The lowest BCUT2D eigenvalue weighted by atomic mass is 9.76. The fourth-order valence-electron chi connectivity index (χ4n) is 5.17. The number of aliphatic hydroxyl groups excluding tert-OH is 1. The van der Waals surface area contributed by atoms with Gasteiger partial charge in [0.25, 0.3) is 10.1 Å². The van der Waals surface area contributed by atoms with E-state index in [4.69, 9.17) is 15.8 Å². The molecule has 2 aromatic carbocycles. The van der Waals surface area contributed by atoms with E-state index in [1.165, 1.54) is 5.56 Å². The number of hydrogen-bond donors (Lipinski definition) is 1. The van der Waals surface area contributed by atoms with Crippen molar-refractivity contribution in [2.45, 2.75) is 74.9 Å². The first-order valence-corrected chi connectivity index (χ1v) is 14.5. The molecular weight excluding hydrogens is 494 g/mol. The standard InChI is InChI=1S/C29H32ClNO4S/c1-19-2-14-27(15-3-19)36(33,34)35-18-26-16-24(22-4-5-22)17-28(31-26)29(32)23-8-6-20(7-9-23)21-10-12-25(30)13-11-21/h2-3,10-17,20,22-23,29,32H,4-9,18H2,1H3. The predicted octanol–water partition coefficient (Wildman–Crippen LogP) is 6.83. The Bertz CT molecular complexity index is 1300. The summed E-state index contributed by atoms with van der Waals surface area (Å²) in [4.78, 5) is 4.79. The Labute approximate surface area is 218 Å². The SMILES string of the molecule is Cc1ccc(S(=O)(=O)OCc2cc(C3CC3)cc(C(O)C3CCC(c4ccc(Cl)cc4)CC3)n2)cc1. The minimum Gasteiger partial charge on any atom is -0.387 e. The van der Waals surface area contributed by atoms with E-state index < -0.39 is 16.2 Å². The van der Waals surface area contributed by atoms with Crippen molar-refractivity contribution in [3.63, 3.8) is 0 Å². The van der Waals surface area contributed by atoms with E-state index in [9.17, 15) is 13.5 Å². The molecular formula is C29H32ClNO4S. The van der Waals surface area contributed by atoms with Gasteiger partial charge in [-0.2, -0.15) is 8.42 Å². The van der Waals surface area contributed by atoms with E-state index in [0.717, 1.165) is 54.7 Å². The Hall–Kier alpha value is -2.25. The van der Waals surface area contributed by atoms with E-state index >= 15 is 0 Å². The molecule has 2 fully saturated rings. The van der Waals surface area contributed by atoms with E-state index in [1.807, 2.05) is 31.2 Å². The maximum atomic E-state index is 12.7. The van der Waals surface area contributed by atoms with Crippen molar-refractivity contribution in [2.24, 2.45) is 5.92 Å². The van der Waals surface area contributed by atoms with Crippen molar-refractivity contribution >= 4 is 21.7 Å². The molecule has 2 aliphatic rings. The molecule has 5 rings (SSSR count). The molecule has 3 aromatic rings. The van der Waals surface area contributed by atoms with Crippen LogP contribution in [0.25, 0.3) is 0 Å². The van der Waals surface area contributed by atoms with Crippen LogP contribution in [0.2, 0.25) is 5.02 Å². The van der Waals surface area contributed by atoms with Crippen LogP contribution >= 0.6 is 11.6 Å². The van der Waals surface area contributed by atoms with Gasteiger partial charge in [-0.15, -0.1) is 0 Å². The number of benzene rings is 2. The Morgan fingerprint density at radius 1 is 0.917 bits per heavy atom. The zero-order chi connectivity index (χ0) is 25.3. The van der Waals surface area contributed by atoms with Gasteiger partial charge in [-0.05, 0) is 111 Å². The highest BCUT2D eigenvalue weighted by molar-refractivity contribution is 7.86. The minimum atomic E-state index is -3.89. The largest absolute Gasteiger partial charge is 0.387 e.